The maximum absolute atomic E-state index is 11.5. The number of carbonyl (C=O) groups is 1. The number of rotatable bonds is 2. The van der Waals surface area contributed by atoms with Gasteiger partial charge in [-0.15, -0.1) is 0 Å². The lowest BCUT2D eigenvalue weighted by Gasteiger charge is -2.31. The Morgan fingerprint density at radius 2 is 1.85 bits per heavy atom. The van der Waals surface area contributed by atoms with Gasteiger partial charge in [0.05, 0.1) is 17.6 Å². The number of aromatic nitrogens is 1. The van der Waals surface area contributed by atoms with Crippen molar-refractivity contribution >= 4 is 40.1 Å². The molecular formula is C20H27Cl2N3O2. The summed E-state index contributed by atoms with van der Waals surface area (Å²) in [6.45, 7) is 9.04. The average molecular weight is 412 g/mol. The topological polar surface area (TPSA) is 63.2 Å². The highest BCUT2D eigenvalue weighted by Gasteiger charge is 2.19. The molecule has 2 aromatic rings. The fourth-order valence-corrected chi connectivity index (χ4v) is 3.64. The van der Waals surface area contributed by atoms with Crippen LogP contribution in [0.3, 0.4) is 0 Å². The van der Waals surface area contributed by atoms with Crippen LogP contribution in [0.4, 0.5) is 0 Å². The van der Waals surface area contributed by atoms with E-state index in [1.54, 1.807) is 12.1 Å². The fourth-order valence-electron chi connectivity index (χ4n) is 3.00. The second-order valence-corrected chi connectivity index (χ2v) is 8.25. The van der Waals surface area contributed by atoms with E-state index in [-0.39, 0.29) is 21.3 Å². The van der Waals surface area contributed by atoms with Crippen molar-refractivity contribution in [3.05, 3.63) is 40.0 Å². The van der Waals surface area contributed by atoms with E-state index in [4.69, 9.17) is 23.2 Å². The Labute approximate surface area is 170 Å². The number of hydrogen-bond acceptors (Lipinski definition) is 5. The van der Waals surface area contributed by atoms with Crippen molar-refractivity contribution in [1.82, 2.24) is 15.6 Å². The summed E-state index contributed by atoms with van der Waals surface area (Å²) in [7, 11) is 1.27. The molecule has 7 heteroatoms. The second-order valence-electron chi connectivity index (χ2n) is 7.52. The van der Waals surface area contributed by atoms with Crippen LogP contribution in [-0.4, -0.2) is 42.7 Å². The van der Waals surface area contributed by atoms with Gasteiger partial charge in [-0.05, 0) is 52.8 Å². The van der Waals surface area contributed by atoms with Gasteiger partial charge in [0.2, 0.25) is 0 Å². The van der Waals surface area contributed by atoms with Crippen LogP contribution in [0.15, 0.2) is 24.3 Å². The Hall–Kier alpha value is -1.40. The molecular weight excluding hydrogens is 385 g/mol. The Morgan fingerprint density at radius 1 is 1.22 bits per heavy atom. The van der Waals surface area contributed by atoms with Crippen LogP contribution in [0.1, 0.15) is 44.0 Å². The van der Waals surface area contributed by atoms with Crippen molar-refractivity contribution in [2.45, 2.75) is 45.2 Å². The van der Waals surface area contributed by atoms with Gasteiger partial charge in [0, 0.05) is 17.0 Å². The molecule has 0 bridgehead atoms. The highest BCUT2D eigenvalue weighted by molar-refractivity contribution is 6.42. The van der Waals surface area contributed by atoms with E-state index >= 15 is 0 Å². The van der Waals surface area contributed by atoms with Crippen LogP contribution < -0.4 is 10.6 Å². The number of ether oxygens (including phenoxy) is 1. The molecule has 0 saturated carbocycles. The zero-order valence-corrected chi connectivity index (χ0v) is 17.7. The van der Waals surface area contributed by atoms with E-state index in [1.165, 1.54) is 33.0 Å². The van der Waals surface area contributed by atoms with Gasteiger partial charge in [-0.1, -0.05) is 41.4 Å². The predicted molar refractivity (Wildman–Crippen MR) is 112 cm³/mol. The standard InChI is InChI=1S/C11H7Cl2NO2.C9H20N2/c1-16-11(15)8-9(12)6-4-2-3-5-7(6)14-10(8)13;1-9(2,3)11-8-4-6-10-7-5-8/h2-5H,1H3;8,10-11H,4-7H2,1-3H3. The third-order valence-electron chi connectivity index (χ3n) is 4.15. The number of benzene rings is 1. The van der Waals surface area contributed by atoms with Gasteiger partial charge >= 0.3 is 5.97 Å². The summed E-state index contributed by atoms with van der Waals surface area (Å²) in [4.78, 5) is 15.6. The van der Waals surface area contributed by atoms with Crippen molar-refractivity contribution in [3.63, 3.8) is 0 Å². The van der Waals surface area contributed by atoms with E-state index in [1.807, 2.05) is 12.1 Å². The van der Waals surface area contributed by atoms with Gasteiger partial charge in [0.15, 0.2) is 0 Å². The number of methoxy groups -OCH3 is 1. The largest absolute Gasteiger partial charge is 0.465 e. The number of pyridine rings is 1. The molecule has 0 aliphatic carbocycles. The number of piperidine rings is 1. The lowest BCUT2D eigenvalue weighted by molar-refractivity contribution is 0.0601. The van der Waals surface area contributed by atoms with E-state index in [0.29, 0.717) is 10.9 Å². The quantitative estimate of drug-likeness (QED) is 0.564. The van der Waals surface area contributed by atoms with E-state index in [0.717, 1.165) is 6.04 Å². The Kier molecular flexibility index (Phi) is 7.86. The molecule has 1 fully saturated rings. The van der Waals surface area contributed by atoms with Gasteiger partial charge in [0.1, 0.15) is 10.7 Å². The molecule has 0 atom stereocenters. The normalized spacial score (nSPS) is 15.2. The number of nitrogens with one attached hydrogen (secondary N) is 2. The summed E-state index contributed by atoms with van der Waals surface area (Å²) in [6, 6.07) is 7.91. The van der Waals surface area contributed by atoms with Crippen molar-refractivity contribution in [2.24, 2.45) is 0 Å². The van der Waals surface area contributed by atoms with Gasteiger partial charge in [-0.3, -0.25) is 0 Å². The minimum absolute atomic E-state index is 0.0514. The second kappa shape index (κ2) is 9.69. The highest BCUT2D eigenvalue weighted by atomic mass is 35.5. The Bertz CT molecular complexity index is 785. The Morgan fingerprint density at radius 3 is 2.44 bits per heavy atom. The van der Waals surface area contributed by atoms with Crippen LogP contribution in [0.2, 0.25) is 10.2 Å². The highest BCUT2D eigenvalue weighted by Crippen LogP contribution is 2.30. The zero-order valence-electron chi connectivity index (χ0n) is 16.2. The summed E-state index contributed by atoms with van der Waals surface area (Å²) in [5.41, 5.74) is 1.02. The summed E-state index contributed by atoms with van der Waals surface area (Å²) >= 11 is 12.0. The number of hydrogen-bond donors (Lipinski definition) is 2. The molecule has 1 saturated heterocycles. The minimum Gasteiger partial charge on any atom is -0.465 e. The zero-order chi connectivity index (χ0) is 20.0. The molecule has 1 aliphatic rings. The molecule has 5 nitrogen and oxygen atoms in total. The molecule has 2 heterocycles. The van der Waals surface area contributed by atoms with Crippen molar-refractivity contribution < 1.29 is 9.53 Å². The monoisotopic (exact) mass is 411 g/mol. The molecule has 1 aromatic heterocycles. The van der Waals surface area contributed by atoms with Crippen LogP contribution in [0.5, 0.6) is 0 Å². The molecule has 1 aliphatic heterocycles. The van der Waals surface area contributed by atoms with Crippen molar-refractivity contribution in [1.29, 1.82) is 0 Å². The van der Waals surface area contributed by atoms with E-state index < -0.39 is 5.97 Å². The van der Waals surface area contributed by atoms with Crippen LogP contribution in [-0.2, 0) is 4.74 Å². The lowest BCUT2D eigenvalue weighted by Crippen LogP contribution is -2.48. The molecule has 0 unspecified atom stereocenters. The van der Waals surface area contributed by atoms with Crippen LogP contribution >= 0.6 is 23.2 Å². The number of carbonyl (C=O) groups excluding carboxylic acids is 1. The van der Waals surface area contributed by atoms with Gasteiger partial charge in [-0.2, -0.15) is 0 Å². The molecule has 2 N–H and O–H groups in total. The SMILES string of the molecule is CC(C)(C)NC1CCNCC1.COC(=O)c1c(Cl)nc2ccccc2c1Cl. The summed E-state index contributed by atoms with van der Waals surface area (Å²) < 4.78 is 4.60. The summed E-state index contributed by atoms with van der Waals surface area (Å²) in [5.74, 6) is -0.590. The molecule has 0 radical (unpaired) electrons. The van der Waals surface area contributed by atoms with Gasteiger partial charge in [0.25, 0.3) is 0 Å². The maximum atomic E-state index is 11.5. The number of halogens is 2. The molecule has 148 valence electrons. The van der Waals surface area contributed by atoms with Crippen LogP contribution in [0.25, 0.3) is 10.9 Å². The summed E-state index contributed by atoms with van der Waals surface area (Å²) in [5, 5.41) is 7.97. The number of nitrogens with zero attached hydrogens (tertiary/aromatic N) is 1. The molecule has 1 aromatic carbocycles. The maximum Gasteiger partial charge on any atom is 0.342 e. The third-order valence-corrected chi connectivity index (χ3v) is 4.82. The van der Waals surface area contributed by atoms with Crippen LogP contribution in [0, 0.1) is 0 Å². The molecule has 3 rings (SSSR count). The first-order valence-corrected chi connectivity index (χ1v) is 9.79. The first-order valence-electron chi connectivity index (χ1n) is 9.03. The van der Waals surface area contributed by atoms with Gasteiger partial charge in [-0.25, -0.2) is 9.78 Å². The molecule has 0 spiro atoms. The average Bonchev–Trinajstić information content (AvgIpc) is 2.61. The van der Waals surface area contributed by atoms with Crippen molar-refractivity contribution in [3.8, 4) is 0 Å². The van der Waals surface area contributed by atoms with E-state index in [2.05, 4.69) is 41.1 Å². The van der Waals surface area contributed by atoms with Gasteiger partial charge < -0.3 is 15.4 Å². The third kappa shape index (κ3) is 6.32. The summed E-state index contributed by atoms with van der Waals surface area (Å²) in [6.07, 6.45) is 2.55. The molecule has 0 amide bonds. The predicted octanol–water partition coefficient (Wildman–Crippen LogP) is 4.45. The number of para-hydroxylation sites is 1. The number of fused-ring (bicyclic) bond motifs is 1. The van der Waals surface area contributed by atoms with Crippen molar-refractivity contribution in [2.75, 3.05) is 20.2 Å². The molecule has 27 heavy (non-hydrogen) atoms. The first-order chi connectivity index (χ1) is 12.7. The smallest absolute Gasteiger partial charge is 0.342 e. The minimum atomic E-state index is -0.590. The Balaban J connectivity index is 0.000000208. The lowest BCUT2D eigenvalue weighted by atomic mass is 10.0. The number of esters is 1. The van der Waals surface area contributed by atoms with E-state index in [9.17, 15) is 4.79 Å². The first kappa shape index (κ1) is 21.9. The fraction of sp³-hybridized carbons (Fsp3) is 0.500.